The number of amides is 1. The van der Waals surface area contributed by atoms with E-state index < -0.39 is 6.09 Å². The molecule has 0 saturated heterocycles. The van der Waals surface area contributed by atoms with E-state index in [4.69, 9.17) is 5.73 Å². The van der Waals surface area contributed by atoms with Gasteiger partial charge in [0.25, 0.3) is 0 Å². The highest BCUT2D eigenvalue weighted by Gasteiger charge is 1.98. The number of carbonyl (C=O) groups excluding carboxylic acids is 1. The third-order valence-electron chi connectivity index (χ3n) is 1.70. The zero-order valence-corrected chi connectivity index (χ0v) is 9.87. The van der Waals surface area contributed by atoms with Crippen molar-refractivity contribution in [3.63, 3.8) is 0 Å². The van der Waals surface area contributed by atoms with E-state index in [1.165, 1.54) is 0 Å². The Labute approximate surface area is 96.1 Å². The largest absolute Gasteiger partial charge is 0.448 e. The number of hydrogen-bond acceptors (Lipinski definition) is 4. The Balaban J connectivity index is 2.38. The molecule has 3 N–H and O–H groups in total. The highest BCUT2D eigenvalue weighted by molar-refractivity contribution is 9.10. The predicted molar refractivity (Wildman–Crippen MR) is 60.7 cm³/mol. The summed E-state index contributed by atoms with van der Waals surface area (Å²) < 4.78 is 5.52. The Morgan fingerprint density at radius 3 is 3.07 bits per heavy atom. The van der Waals surface area contributed by atoms with Gasteiger partial charge in [-0.25, -0.2) is 9.78 Å². The van der Waals surface area contributed by atoms with E-state index in [1.54, 1.807) is 6.20 Å². The summed E-state index contributed by atoms with van der Waals surface area (Å²) in [4.78, 5) is 14.4. The lowest BCUT2D eigenvalue weighted by molar-refractivity contribution is 0.161. The molecule has 0 radical (unpaired) electrons. The second-order valence-corrected chi connectivity index (χ2v) is 3.77. The first-order valence-corrected chi connectivity index (χ1v) is 5.17. The van der Waals surface area contributed by atoms with Crippen LogP contribution in [0.5, 0.6) is 0 Å². The fourth-order valence-corrected chi connectivity index (χ4v) is 1.18. The van der Waals surface area contributed by atoms with E-state index in [0.29, 0.717) is 6.54 Å². The molecule has 0 unspecified atom stereocenters. The summed E-state index contributed by atoms with van der Waals surface area (Å²) in [6.07, 6.45) is 0.948. The van der Waals surface area contributed by atoms with Gasteiger partial charge in [-0.1, -0.05) is 0 Å². The van der Waals surface area contributed by atoms with Crippen molar-refractivity contribution in [2.24, 2.45) is 5.73 Å². The van der Waals surface area contributed by atoms with Gasteiger partial charge in [0.1, 0.15) is 12.4 Å². The van der Waals surface area contributed by atoms with Crippen molar-refractivity contribution in [3.8, 4) is 0 Å². The lowest BCUT2D eigenvalue weighted by Crippen LogP contribution is -2.18. The average molecular weight is 274 g/mol. The van der Waals surface area contributed by atoms with Gasteiger partial charge in [-0.2, -0.15) is 0 Å². The number of aryl methyl sites for hydroxylation is 1. The normalized spacial score (nSPS) is 9.73. The Morgan fingerprint density at radius 1 is 1.73 bits per heavy atom. The molecule has 15 heavy (non-hydrogen) atoms. The van der Waals surface area contributed by atoms with Crippen molar-refractivity contribution < 1.29 is 9.53 Å². The lowest BCUT2D eigenvalue weighted by Gasteiger charge is -2.06. The molecule has 0 aliphatic heterocycles. The molecule has 0 saturated carbocycles. The van der Waals surface area contributed by atoms with Crippen LogP contribution < -0.4 is 11.1 Å². The molecular weight excluding hydrogens is 262 g/mol. The molecule has 0 spiro atoms. The van der Waals surface area contributed by atoms with Crippen molar-refractivity contribution >= 4 is 27.8 Å². The van der Waals surface area contributed by atoms with Gasteiger partial charge in [-0.15, -0.1) is 0 Å². The van der Waals surface area contributed by atoms with Gasteiger partial charge in [0, 0.05) is 10.7 Å². The SMILES string of the molecule is Cc1cc(NCCOC(N)=O)ncc1Br. The molecule has 0 aliphatic rings. The van der Waals surface area contributed by atoms with Crippen LogP contribution >= 0.6 is 15.9 Å². The van der Waals surface area contributed by atoms with Crippen LogP contribution in [-0.2, 0) is 4.74 Å². The zero-order chi connectivity index (χ0) is 11.3. The number of carbonyl (C=O) groups is 1. The topological polar surface area (TPSA) is 77.2 Å². The van der Waals surface area contributed by atoms with Crippen molar-refractivity contribution in [1.82, 2.24) is 4.98 Å². The highest BCUT2D eigenvalue weighted by atomic mass is 79.9. The summed E-state index contributed by atoms with van der Waals surface area (Å²) in [5.41, 5.74) is 5.89. The first kappa shape index (κ1) is 11.8. The van der Waals surface area contributed by atoms with Crippen molar-refractivity contribution in [1.29, 1.82) is 0 Å². The number of nitrogens with two attached hydrogens (primary N) is 1. The third kappa shape index (κ3) is 4.16. The number of hydrogen-bond donors (Lipinski definition) is 2. The van der Waals surface area contributed by atoms with Gasteiger partial charge >= 0.3 is 6.09 Å². The van der Waals surface area contributed by atoms with Crippen LogP contribution in [0.4, 0.5) is 10.6 Å². The minimum Gasteiger partial charge on any atom is -0.448 e. The smallest absolute Gasteiger partial charge is 0.404 e. The minimum absolute atomic E-state index is 0.228. The van der Waals surface area contributed by atoms with E-state index in [-0.39, 0.29) is 6.61 Å². The van der Waals surface area contributed by atoms with Crippen LogP contribution in [0.1, 0.15) is 5.56 Å². The molecule has 82 valence electrons. The maximum Gasteiger partial charge on any atom is 0.404 e. The molecule has 5 nitrogen and oxygen atoms in total. The van der Waals surface area contributed by atoms with E-state index in [9.17, 15) is 4.79 Å². The number of nitrogens with zero attached hydrogens (tertiary/aromatic N) is 1. The first-order chi connectivity index (χ1) is 7.09. The average Bonchev–Trinajstić information content (AvgIpc) is 2.18. The summed E-state index contributed by atoms with van der Waals surface area (Å²) >= 11 is 3.35. The van der Waals surface area contributed by atoms with Gasteiger partial charge in [-0.3, -0.25) is 0 Å². The molecule has 0 atom stereocenters. The summed E-state index contributed by atoms with van der Waals surface area (Å²) in [5, 5.41) is 3.00. The molecular formula is C9H12BrN3O2. The van der Waals surface area contributed by atoms with Crippen LogP contribution in [0.25, 0.3) is 0 Å². The number of halogens is 1. The summed E-state index contributed by atoms with van der Waals surface area (Å²) in [6.45, 7) is 2.68. The van der Waals surface area contributed by atoms with Crippen LogP contribution in [-0.4, -0.2) is 24.2 Å². The molecule has 6 heteroatoms. The Kier molecular flexibility index (Phi) is 4.36. The Bertz CT molecular complexity index is 357. The van der Waals surface area contributed by atoms with Gasteiger partial charge in [0.15, 0.2) is 0 Å². The molecule has 1 aromatic rings. The van der Waals surface area contributed by atoms with Crippen LogP contribution in [0.3, 0.4) is 0 Å². The second-order valence-electron chi connectivity index (χ2n) is 2.91. The number of primary amides is 1. The quantitative estimate of drug-likeness (QED) is 0.818. The molecule has 0 aliphatic carbocycles. The van der Waals surface area contributed by atoms with Gasteiger partial charge in [0.2, 0.25) is 0 Å². The lowest BCUT2D eigenvalue weighted by atomic mass is 10.3. The third-order valence-corrected chi connectivity index (χ3v) is 2.53. The van der Waals surface area contributed by atoms with Gasteiger partial charge < -0.3 is 15.8 Å². The fourth-order valence-electron chi connectivity index (χ4n) is 0.967. The molecule has 1 amide bonds. The van der Waals surface area contributed by atoms with Crippen molar-refractivity contribution in [2.45, 2.75) is 6.92 Å². The molecule has 0 bridgehead atoms. The maximum atomic E-state index is 10.3. The molecule has 1 heterocycles. The number of aromatic nitrogens is 1. The Morgan fingerprint density at radius 2 is 2.47 bits per heavy atom. The fraction of sp³-hybridized carbons (Fsp3) is 0.333. The molecule has 1 rings (SSSR count). The highest BCUT2D eigenvalue weighted by Crippen LogP contribution is 2.16. The van der Waals surface area contributed by atoms with E-state index in [2.05, 4.69) is 31.0 Å². The van der Waals surface area contributed by atoms with Crippen LogP contribution in [0, 0.1) is 6.92 Å². The van der Waals surface area contributed by atoms with E-state index >= 15 is 0 Å². The predicted octanol–water partition coefficient (Wildman–Crippen LogP) is 1.66. The number of rotatable bonds is 4. The number of anilines is 1. The molecule has 0 fully saturated rings. The second kappa shape index (κ2) is 5.55. The monoisotopic (exact) mass is 273 g/mol. The summed E-state index contributed by atoms with van der Waals surface area (Å²) in [6, 6.07) is 1.90. The number of nitrogens with one attached hydrogen (secondary N) is 1. The number of pyridine rings is 1. The summed E-state index contributed by atoms with van der Waals surface area (Å²) in [7, 11) is 0. The Hall–Kier alpha value is -1.30. The van der Waals surface area contributed by atoms with Crippen LogP contribution in [0.15, 0.2) is 16.7 Å². The first-order valence-electron chi connectivity index (χ1n) is 4.38. The van der Waals surface area contributed by atoms with Gasteiger partial charge in [0.05, 0.1) is 6.54 Å². The summed E-state index contributed by atoms with van der Waals surface area (Å²) in [5.74, 6) is 0.740. The maximum absolute atomic E-state index is 10.3. The number of ether oxygens (including phenoxy) is 1. The zero-order valence-electron chi connectivity index (χ0n) is 8.29. The van der Waals surface area contributed by atoms with Crippen molar-refractivity contribution in [3.05, 3.63) is 22.3 Å². The van der Waals surface area contributed by atoms with Crippen molar-refractivity contribution in [2.75, 3.05) is 18.5 Å². The molecule has 0 aromatic carbocycles. The van der Waals surface area contributed by atoms with Crippen LogP contribution in [0.2, 0.25) is 0 Å². The van der Waals surface area contributed by atoms with E-state index in [0.717, 1.165) is 15.9 Å². The standard InChI is InChI=1S/C9H12BrN3O2/c1-6-4-8(13-5-7(6)10)12-2-3-15-9(11)14/h4-5H,2-3H2,1H3,(H2,11,14)(H,12,13). The van der Waals surface area contributed by atoms with Gasteiger partial charge in [-0.05, 0) is 34.5 Å². The van der Waals surface area contributed by atoms with E-state index in [1.807, 2.05) is 13.0 Å². The minimum atomic E-state index is -0.767. The molecule has 1 aromatic heterocycles.